The zero-order valence-electron chi connectivity index (χ0n) is 15.3. The number of hydrogen-bond acceptors (Lipinski definition) is 4. The molecule has 2 atom stereocenters. The Labute approximate surface area is 168 Å². The first kappa shape index (κ1) is 22.5. The largest absolute Gasteiger partial charge is 0.616 e. The Hall–Kier alpha value is -1.78. The number of alkyl halides is 3. The summed E-state index contributed by atoms with van der Waals surface area (Å²) >= 11 is 4.40. The third kappa shape index (κ3) is 6.11. The lowest BCUT2D eigenvalue weighted by atomic mass is 10.3. The maximum atomic E-state index is 12.5. The van der Waals surface area contributed by atoms with Crippen molar-refractivity contribution in [1.82, 2.24) is 14.8 Å². The van der Waals surface area contributed by atoms with Crippen molar-refractivity contribution in [2.24, 2.45) is 0 Å². The molecule has 6 nitrogen and oxygen atoms in total. The fourth-order valence-electron chi connectivity index (χ4n) is 2.57. The molecule has 0 aromatic carbocycles. The van der Waals surface area contributed by atoms with Gasteiger partial charge in [-0.3, -0.25) is 9.78 Å². The molecule has 1 amide bonds. The fourth-order valence-corrected chi connectivity index (χ4v) is 3.96. The summed E-state index contributed by atoms with van der Waals surface area (Å²) in [5, 5.41) is 3.19. The number of nitrogens with zero attached hydrogens (tertiary/aromatic N) is 4. The van der Waals surface area contributed by atoms with Crippen molar-refractivity contribution in [3.05, 3.63) is 35.9 Å². The molecule has 0 saturated carbocycles. The van der Waals surface area contributed by atoms with Crippen LogP contribution in [-0.2, 0) is 16.0 Å². The minimum atomic E-state index is -4.39. The Morgan fingerprint density at radius 3 is 2.75 bits per heavy atom. The molecule has 154 valence electrons. The molecule has 0 saturated heterocycles. The highest BCUT2D eigenvalue weighted by atomic mass is 35.5. The van der Waals surface area contributed by atoms with E-state index in [-0.39, 0.29) is 29.8 Å². The van der Waals surface area contributed by atoms with Crippen molar-refractivity contribution in [2.45, 2.75) is 38.1 Å². The van der Waals surface area contributed by atoms with Gasteiger partial charge in [0.2, 0.25) is 5.91 Å². The molecular weight excluding hydrogens is 417 g/mol. The van der Waals surface area contributed by atoms with E-state index in [9.17, 15) is 22.5 Å². The molecule has 0 bridgehead atoms. The maximum Gasteiger partial charge on any atom is 0.393 e. The first-order chi connectivity index (χ1) is 13.1. The summed E-state index contributed by atoms with van der Waals surface area (Å²) in [6, 6.07) is 3.49. The summed E-state index contributed by atoms with van der Waals surface area (Å²) in [4.78, 5) is 17.9. The lowest BCUT2D eigenvalue weighted by Crippen LogP contribution is -2.34. The normalized spacial score (nSPS) is 14.0. The predicted molar refractivity (Wildman–Crippen MR) is 102 cm³/mol. The molecule has 2 heterocycles. The third-order valence-corrected chi connectivity index (χ3v) is 5.89. The van der Waals surface area contributed by atoms with Crippen molar-refractivity contribution in [2.75, 3.05) is 17.2 Å². The highest BCUT2D eigenvalue weighted by molar-refractivity contribution is 7.92. The van der Waals surface area contributed by atoms with Crippen LogP contribution in [0.4, 0.5) is 18.9 Å². The Bertz CT molecular complexity index is 788. The van der Waals surface area contributed by atoms with Crippen LogP contribution in [0.2, 0.25) is 5.15 Å². The topological polar surface area (TPSA) is 74.1 Å². The molecule has 0 aliphatic rings. The van der Waals surface area contributed by atoms with Crippen LogP contribution in [0.5, 0.6) is 0 Å². The van der Waals surface area contributed by atoms with Gasteiger partial charge in [-0.25, -0.2) is 4.68 Å². The van der Waals surface area contributed by atoms with E-state index < -0.39 is 29.0 Å². The van der Waals surface area contributed by atoms with Gasteiger partial charge >= 0.3 is 6.18 Å². The van der Waals surface area contributed by atoms with Gasteiger partial charge < -0.3 is 9.45 Å². The molecule has 0 spiro atoms. The number of pyridine rings is 1. The van der Waals surface area contributed by atoms with Crippen LogP contribution < -0.4 is 4.90 Å². The summed E-state index contributed by atoms with van der Waals surface area (Å²) in [6.07, 6.45) is -0.924. The highest BCUT2D eigenvalue weighted by Crippen LogP contribution is 2.28. The Kier molecular flexibility index (Phi) is 7.73. The molecule has 28 heavy (non-hydrogen) atoms. The smallest absolute Gasteiger partial charge is 0.393 e. The molecule has 0 fully saturated rings. The quantitative estimate of drug-likeness (QED) is 0.590. The van der Waals surface area contributed by atoms with Crippen LogP contribution in [0.15, 0.2) is 30.7 Å². The van der Waals surface area contributed by atoms with Crippen LogP contribution in [0.1, 0.15) is 26.7 Å². The number of anilines is 1. The number of carbonyl (C=O) groups is 1. The Morgan fingerprint density at radius 2 is 2.18 bits per heavy atom. The fraction of sp³-hybridized carbons (Fsp3) is 0.471. The number of rotatable bonds is 8. The first-order valence-corrected chi connectivity index (χ1v) is 10.3. The SMILES string of the molecule is CCN(C(=O)CC[S+]([O-])C(C)CC(F)(F)F)c1cn(-c2cccnc2)nc1Cl. The van der Waals surface area contributed by atoms with E-state index in [4.69, 9.17) is 11.6 Å². The molecule has 0 aliphatic carbocycles. The van der Waals surface area contributed by atoms with Gasteiger partial charge in [0.05, 0.1) is 30.9 Å². The van der Waals surface area contributed by atoms with Crippen molar-refractivity contribution in [3.8, 4) is 5.69 Å². The van der Waals surface area contributed by atoms with Crippen LogP contribution in [0.25, 0.3) is 5.69 Å². The van der Waals surface area contributed by atoms with E-state index in [1.807, 2.05) is 0 Å². The summed E-state index contributed by atoms with van der Waals surface area (Å²) < 4.78 is 50.8. The zero-order valence-corrected chi connectivity index (χ0v) is 16.9. The minimum absolute atomic E-state index is 0.102. The lowest BCUT2D eigenvalue weighted by molar-refractivity contribution is -0.133. The van der Waals surface area contributed by atoms with E-state index in [0.717, 1.165) is 0 Å². The number of carbonyl (C=O) groups excluding carboxylic acids is 1. The molecule has 2 rings (SSSR count). The van der Waals surface area contributed by atoms with Crippen molar-refractivity contribution in [3.63, 3.8) is 0 Å². The predicted octanol–water partition coefficient (Wildman–Crippen LogP) is 3.75. The van der Waals surface area contributed by atoms with Gasteiger partial charge in [0, 0.05) is 12.7 Å². The average molecular weight is 437 g/mol. The molecule has 2 unspecified atom stereocenters. The average Bonchev–Trinajstić information content (AvgIpc) is 3.01. The van der Waals surface area contributed by atoms with Gasteiger partial charge in [-0.2, -0.15) is 18.3 Å². The summed E-state index contributed by atoms with van der Waals surface area (Å²) in [5.74, 6) is -0.538. The van der Waals surface area contributed by atoms with E-state index in [1.165, 1.54) is 16.5 Å². The third-order valence-electron chi connectivity index (χ3n) is 3.95. The maximum absolute atomic E-state index is 12.5. The molecule has 11 heteroatoms. The molecule has 0 N–H and O–H groups in total. The number of aromatic nitrogens is 3. The van der Waals surface area contributed by atoms with Crippen molar-refractivity contribution < 1.29 is 22.5 Å². The van der Waals surface area contributed by atoms with Crippen LogP contribution >= 0.6 is 11.6 Å². The number of halogens is 4. The van der Waals surface area contributed by atoms with Gasteiger partial charge in [0.25, 0.3) is 0 Å². The first-order valence-electron chi connectivity index (χ1n) is 8.52. The molecule has 2 aromatic rings. The van der Waals surface area contributed by atoms with Crippen molar-refractivity contribution >= 4 is 34.4 Å². The lowest BCUT2D eigenvalue weighted by Gasteiger charge is -2.22. The number of amides is 1. The zero-order chi connectivity index (χ0) is 20.9. The van der Waals surface area contributed by atoms with Gasteiger partial charge in [-0.1, -0.05) is 22.8 Å². The highest BCUT2D eigenvalue weighted by Gasteiger charge is 2.35. The summed E-state index contributed by atoms with van der Waals surface area (Å²) in [7, 11) is 0. The molecule has 0 radical (unpaired) electrons. The van der Waals surface area contributed by atoms with E-state index in [2.05, 4.69) is 10.1 Å². The second kappa shape index (κ2) is 9.62. The minimum Gasteiger partial charge on any atom is -0.616 e. The van der Waals surface area contributed by atoms with Crippen molar-refractivity contribution in [1.29, 1.82) is 0 Å². The van der Waals surface area contributed by atoms with E-state index >= 15 is 0 Å². The van der Waals surface area contributed by atoms with Gasteiger partial charge in [-0.05, 0) is 26.0 Å². The monoisotopic (exact) mass is 436 g/mol. The van der Waals surface area contributed by atoms with E-state index in [0.29, 0.717) is 11.4 Å². The van der Waals surface area contributed by atoms with Crippen LogP contribution in [0.3, 0.4) is 0 Å². The molecule has 2 aromatic heterocycles. The van der Waals surface area contributed by atoms with E-state index in [1.54, 1.807) is 37.6 Å². The molecular formula is C17H20ClF3N4O2S. The standard InChI is InChI=1S/C17H20ClF3N4O2S/c1-3-24(15(26)6-8-28(27)12(2)9-17(19,20)21)14-11-25(23-16(14)18)13-5-4-7-22-10-13/h4-5,7,10-12H,3,6,8-9H2,1-2H3. The Morgan fingerprint density at radius 1 is 1.46 bits per heavy atom. The molecule has 0 aliphatic heterocycles. The van der Waals surface area contributed by atoms with Gasteiger partial charge in [0.15, 0.2) is 5.15 Å². The van der Waals surface area contributed by atoms with Gasteiger partial charge in [-0.15, -0.1) is 0 Å². The second-order valence-electron chi connectivity index (χ2n) is 6.06. The summed E-state index contributed by atoms with van der Waals surface area (Å²) in [6.45, 7) is 3.28. The Balaban J connectivity index is 2.05. The van der Waals surface area contributed by atoms with Crippen LogP contribution in [-0.4, -0.2) is 48.9 Å². The van der Waals surface area contributed by atoms with Gasteiger partial charge in [0.1, 0.15) is 16.7 Å². The van der Waals surface area contributed by atoms with Crippen LogP contribution in [0, 0.1) is 0 Å². The number of hydrogen-bond donors (Lipinski definition) is 0. The summed E-state index contributed by atoms with van der Waals surface area (Å²) in [5.41, 5.74) is 1.02. The second-order valence-corrected chi connectivity index (χ2v) is 8.40.